The summed E-state index contributed by atoms with van der Waals surface area (Å²) in [5.41, 5.74) is 8.60. The second-order valence-electron chi connectivity index (χ2n) is 10.6. The normalized spacial score (nSPS) is 15.1. The molecular formula is C33H36N4O6. The highest BCUT2D eigenvalue weighted by molar-refractivity contribution is 6.03. The molecule has 4 rings (SSSR count). The van der Waals surface area contributed by atoms with Gasteiger partial charge in [-0.3, -0.25) is 14.4 Å². The lowest BCUT2D eigenvalue weighted by Gasteiger charge is -2.02. The first-order valence-corrected chi connectivity index (χ1v) is 13.8. The van der Waals surface area contributed by atoms with E-state index in [1.165, 1.54) is 6.08 Å². The Morgan fingerprint density at radius 2 is 1.37 bits per heavy atom. The Labute approximate surface area is 248 Å². The van der Waals surface area contributed by atoms with Crippen LogP contribution in [0.4, 0.5) is 0 Å². The van der Waals surface area contributed by atoms with Crippen LogP contribution in [0.5, 0.6) is 5.88 Å². The summed E-state index contributed by atoms with van der Waals surface area (Å²) in [6, 6.07) is 0. The summed E-state index contributed by atoms with van der Waals surface area (Å²) in [6.07, 6.45) is 9.06. The molecule has 224 valence electrons. The van der Waals surface area contributed by atoms with E-state index in [0.29, 0.717) is 39.3 Å². The molecule has 3 aromatic rings. The highest BCUT2D eigenvalue weighted by Gasteiger charge is 2.23. The molecule has 0 saturated heterocycles. The molecule has 0 spiro atoms. The Kier molecular flexibility index (Phi) is 8.80. The third-order valence-corrected chi connectivity index (χ3v) is 7.96. The maximum atomic E-state index is 12.3. The van der Waals surface area contributed by atoms with Crippen LogP contribution in [0.25, 0.3) is 24.3 Å². The summed E-state index contributed by atoms with van der Waals surface area (Å²) >= 11 is 0. The summed E-state index contributed by atoms with van der Waals surface area (Å²) in [5, 5.41) is 33.3. The maximum absolute atomic E-state index is 12.3. The fourth-order valence-electron chi connectivity index (χ4n) is 5.42. The van der Waals surface area contributed by atoms with Crippen molar-refractivity contribution < 1.29 is 29.7 Å². The van der Waals surface area contributed by atoms with Gasteiger partial charge in [0.25, 0.3) is 5.91 Å². The lowest BCUT2D eigenvalue weighted by Crippen LogP contribution is -2.15. The first-order valence-electron chi connectivity index (χ1n) is 13.8. The number of allylic oxidation sites excluding steroid dienone is 1. The third-order valence-electron chi connectivity index (χ3n) is 7.96. The molecule has 1 aliphatic rings. The van der Waals surface area contributed by atoms with Gasteiger partial charge in [0.1, 0.15) is 0 Å². The number of hydrogen-bond donors (Lipinski definition) is 7. The molecule has 3 aromatic heterocycles. The van der Waals surface area contributed by atoms with Gasteiger partial charge in [0.05, 0.1) is 5.69 Å². The fourth-order valence-corrected chi connectivity index (χ4v) is 5.42. The monoisotopic (exact) mass is 584 g/mol. The summed E-state index contributed by atoms with van der Waals surface area (Å²) in [6.45, 7) is 15.0. The Morgan fingerprint density at radius 3 is 1.95 bits per heavy atom. The van der Waals surface area contributed by atoms with Gasteiger partial charge in [-0.15, -0.1) is 0 Å². The average Bonchev–Trinajstić information content (AvgIpc) is 3.59. The van der Waals surface area contributed by atoms with Gasteiger partial charge in [-0.1, -0.05) is 25.3 Å². The van der Waals surface area contributed by atoms with Gasteiger partial charge in [0.15, 0.2) is 5.88 Å². The van der Waals surface area contributed by atoms with Crippen molar-refractivity contribution >= 4 is 42.1 Å². The first-order chi connectivity index (χ1) is 20.4. The number of aromatic hydroxyl groups is 1. The van der Waals surface area contributed by atoms with Crippen molar-refractivity contribution in [3.05, 3.63) is 97.2 Å². The van der Waals surface area contributed by atoms with Crippen molar-refractivity contribution in [2.45, 2.75) is 53.4 Å². The molecule has 10 nitrogen and oxygen atoms in total. The van der Waals surface area contributed by atoms with Crippen molar-refractivity contribution in [1.82, 2.24) is 20.3 Å². The first kappa shape index (κ1) is 30.7. The number of H-pyrrole nitrogens is 3. The van der Waals surface area contributed by atoms with Crippen LogP contribution in [0.3, 0.4) is 0 Å². The van der Waals surface area contributed by atoms with Crippen molar-refractivity contribution in [2.75, 3.05) is 0 Å². The molecule has 0 atom stereocenters. The Bertz CT molecular complexity index is 1860. The van der Waals surface area contributed by atoms with E-state index in [-0.39, 0.29) is 37.5 Å². The number of carboxylic acids is 2. The molecule has 0 aliphatic carbocycles. The Balaban J connectivity index is 1.93. The number of aliphatic carboxylic acids is 2. The minimum atomic E-state index is -0.929. The second-order valence-corrected chi connectivity index (χ2v) is 10.6. The van der Waals surface area contributed by atoms with Crippen molar-refractivity contribution in [1.29, 1.82) is 0 Å². The van der Waals surface area contributed by atoms with Gasteiger partial charge in [-0.05, 0) is 86.6 Å². The molecule has 0 fully saturated rings. The van der Waals surface area contributed by atoms with Crippen LogP contribution in [-0.4, -0.2) is 48.1 Å². The minimum absolute atomic E-state index is 0.0403. The van der Waals surface area contributed by atoms with Crippen LogP contribution in [0.15, 0.2) is 36.1 Å². The van der Waals surface area contributed by atoms with Crippen LogP contribution in [0.1, 0.15) is 70.2 Å². The van der Waals surface area contributed by atoms with Crippen molar-refractivity contribution in [3.63, 3.8) is 0 Å². The molecule has 4 heterocycles. The van der Waals surface area contributed by atoms with E-state index in [9.17, 15) is 29.7 Å². The number of amides is 1. The molecule has 10 heteroatoms. The molecule has 1 amide bonds. The molecule has 0 bridgehead atoms. The molecule has 0 saturated carbocycles. The quantitative estimate of drug-likeness (QED) is 0.181. The molecule has 0 aromatic carbocycles. The summed E-state index contributed by atoms with van der Waals surface area (Å²) in [7, 11) is 0. The second kappa shape index (κ2) is 12.3. The van der Waals surface area contributed by atoms with E-state index >= 15 is 0 Å². The van der Waals surface area contributed by atoms with Crippen LogP contribution in [0.2, 0.25) is 0 Å². The molecule has 0 unspecified atom stereocenters. The lowest BCUT2D eigenvalue weighted by molar-refractivity contribution is -0.138. The van der Waals surface area contributed by atoms with Crippen LogP contribution < -0.4 is 16.0 Å². The molecule has 7 N–H and O–H groups in total. The van der Waals surface area contributed by atoms with Crippen LogP contribution in [0, 0.1) is 20.8 Å². The number of carbonyl (C=O) groups is 3. The van der Waals surface area contributed by atoms with Gasteiger partial charge in [-0.25, -0.2) is 0 Å². The molecular weight excluding hydrogens is 548 g/mol. The molecule has 0 radical (unpaired) electrons. The topological polar surface area (TPSA) is 171 Å². The number of aromatic amines is 3. The Hall–Kier alpha value is -5.25. The Morgan fingerprint density at radius 1 is 0.744 bits per heavy atom. The van der Waals surface area contributed by atoms with E-state index in [2.05, 4.69) is 33.4 Å². The zero-order valence-electron chi connectivity index (χ0n) is 24.7. The van der Waals surface area contributed by atoms with E-state index in [1.807, 2.05) is 39.0 Å². The predicted octanol–water partition coefficient (Wildman–Crippen LogP) is 3.61. The standard InChI is InChI=1S/C33H36N4O6/c1-7-20-19(6)32(42)37-27(20)14-25-18(5)23(10-12-31(40)41)29(35-25)15-28-22(9-11-30(38)39)17(4)24(34-28)13-26-16(3)21(8-2)33(43)36-26/h7-8,13-15,34-35,37,42H,1-2,9-12H2,3-6H3,(H,36,43)(H,38,39)(H,40,41)/b25-14+,26-13-,29-15-. The third kappa shape index (κ3) is 6.18. The fraction of sp³-hybridized carbons (Fsp3) is 0.242. The number of carbonyl (C=O) groups excluding carboxylic acids is 1. The van der Waals surface area contributed by atoms with Gasteiger partial charge in [0.2, 0.25) is 0 Å². The van der Waals surface area contributed by atoms with Crippen molar-refractivity contribution in [2.24, 2.45) is 0 Å². The van der Waals surface area contributed by atoms with E-state index in [4.69, 9.17) is 0 Å². The van der Waals surface area contributed by atoms with Gasteiger partial charge in [0, 0.05) is 57.3 Å². The number of aromatic nitrogens is 3. The average molecular weight is 585 g/mol. The summed E-state index contributed by atoms with van der Waals surface area (Å²) in [5.74, 6) is -2.05. The van der Waals surface area contributed by atoms with Crippen molar-refractivity contribution in [3.8, 4) is 5.88 Å². The molecule has 43 heavy (non-hydrogen) atoms. The SMILES string of the molecule is C=CC1=C(C)/C(=C/c2[nH]c(/C=c3\[nH]/c(=C/c4[nH]c(O)c(C)c4C=C)c(C)c3CCC(=O)O)c(CCC(=O)O)c2C)NC1=O. The van der Waals surface area contributed by atoms with Gasteiger partial charge in [-0.2, -0.15) is 0 Å². The number of carboxylic acid groups (broad SMARTS) is 2. The maximum Gasteiger partial charge on any atom is 0.303 e. The summed E-state index contributed by atoms with van der Waals surface area (Å²) in [4.78, 5) is 45.1. The highest BCUT2D eigenvalue weighted by Crippen LogP contribution is 2.28. The van der Waals surface area contributed by atoms with Gasteiger partial charge >= 0.3 is 11.9 Å². The molecule has 1 aliphatic heterocycles. The number of hydrogen-bond acceptors (Lipinski definition) is 4. The smallest absolute Gasteiger partial charge is 0.303 e. The number of nitrogens with one attached hydrogen (secondary N) is 4. The van der Waals surface area contributed by atoms with E-state index in [0.717, 1.165) is 38.7 Å². The zero-order chi connectivity index (χ0) is 31.6. The van der Waals surface area contributed by atoms with E-state index < -0.39 is 11.9 Å². The van der Waals surface area contributed by atoms with Crippen LogP contribution >= 0.6 is 0 Å². The predicted molar refractivity (Wildman–Crippen MR) is 166 cm³/mol. The number of rotatable bonds is 11. The highest BCUT2D eigenvalue weighted by atomic mass is 16.4. The minimum Gasteiger partial charge on any atom is -0.494 e. The van der Waals surface area contributed by atoms with E-state index in [1.54, 1.807) is 13.0 Å². The van der Waals surface area contributed by atoms with Crippen LogP contribution in [-0.2, 0) is 27.2 Å². The zero-order valence-corrected chi connectivity index (χ0v) is 24.7. The summed E-state index contributed by atoms with van der Waals surface area (Å²) < 4.78 is 0. The lowest BCUT2D eigenvalue weighted by atomic mass is 10.0. The largest absolute Gasteiger partial charge is 0.494 e. The van der Waals surface area contributed by atoms with Gasteiger partial charge < -0.3 is 35.6 Å².